The summed E-state index contributed by atoms with van der Waals surface area (Å²) in [5.41, 5.74) is 7.81. The first kappa shape index (κ1) is 30.8. The van der Waals surface area contributed by atoms with Crippen molar-refractivity contribution in [1.82, 2.24) is 19.9 Å². The number of ether oxygens (including phenoxy) is 1. The van der Waals surface area contributed by atoms with Crippen LogP contribution in [-0.2, 0) is 20.7 Å². The zero-order valence-corrected chi connectivity index (χ0v) is 28.2. The summed E-state index contributed by atoms with van der Waals surface area (Å²) in [6.45, 7) is 14.2. The third kappa shape index (κ3) is 3.48. The average Bonchev–Trinajstić information content (AvgIpc) is 3.42. The molecule has 3 aromatic rings. The second-order valence-corrected chi connectivity index (χ2v) is 13.0. The van der Waals surface area contributed by atoms with Gasteiger partial charge in [-0.1, -0.05) is 59.6 Å². The molecule has 1 spiro atoms. The Morgan fingerprint density at radius 2 is 1.80 bits per heavy atom. The van der Waals surface area contributed by atoms with Gasteiger partial charge in [-0.2, -0.15) is 5.70 Å². The van der Waals surface area contributed by atoms with Gasteiger partial charge < -0.3 is 30.1 Å². The zero-order valence-electron chi connectivity index (χ0n) is 26.8. The summed E-state index contributed by atoms with van der Waals surface area (Å²) < 4.78 is 5.16. The van der Waals surface area contributed by atoms with E-state index >= 15 is 0 Å². The summed E-state index contributed by atoms with van der Waals surface area (Å²) in [5.74, 6) is -3.50. The topological polar surface area (TPSA) is 140 Å². The molecule has 7 heterocycles. The Morgan fingerprint density at radius 3 is 2.46 bits per heavy atom. The van der Waals surface area contributed by atoms with E-state index in [9.17, 15) is 19.5 Å². The van der Waals surface area contributed by atoms with Crippen molar-refractivity contribution in [3.8, 4) is 0 Å². The van der Waals surface area contributed by atoms with E-state index in [-0.39, 0.29) is 47.2 Å². The predicted molar refractivity (Wildman–Crippen MR) is 171 cm³/mol. The SMILES string of the molecule is C=Cc1c2[n-]c(c1C)[C@@H]1N3[C@]4(C)[C@H](CCC(=O)O)/C(=C5/c6[n-]c(c(C)c6C(=O)[C@@H]5C(=O)OC)/C=c5\[n-]/c(c(C)c5CC)=C\2)[N-][C@]134.[Mg+2]. The molecule has 0 saturated carbocycles. The van der Waals surface area contributed by atoms with Crippen LogP contribution in [0.3, 0.4) is 0 Å². The van der Waals surface area contributed by atoms with Crippen LogP contribution in [0.5, 0.6) is 0 Å². The van der Waals surface area contributed by atoms with Gasteiger partial charge in [0.1, 0.15) is 5.92 Å². The van der Waals surface area contributed by atoms with Crippen LogP contribution < -0.4 is 25.7 Å². The largest absolute Gasteiger partial charge is 2.00 e. The molecule has 0 radical (unpaired) electrons. The smallest absolute Gasteiger partial charge is 0.667 e. The number of methoxy groups -OCH3 is 1. The first-order valence-electron chi connectivity index (χ1n) is 15.4. The first-order chi connectivity index (χ1) is 21.5. The molecule has 46 heavy (non-hydrogen) atoms. The van der Waals surface area contributed by atoms with Gasteiger partial charge in [-0.05, 0) is 57.7 Å². The van der Waals surface area contributed by atoms with Crippen molar-refractivity contribution in [2.45, 2.75) is 71.1 Å². The van der Waals surface area contributed by atoms with Crippen LogP contribution in [0.25, 0.3) is 29.1 Å². The monoisotopic (exact) mass is 627 g/mol. The molecule has 3 aromatic heterocycles. The summed E-state index contributed by atoms with van der Waals surface area (Å²) in [6.07, 6.45) is 6.75. The Balaban J connectivity index is 0.00000338. The van der Waals surface area contributed by atoms with Crippen LogP contribution in [0, 0.1) is 32.6 Å². The number of esters is 1. The van der Waals surface area contributed by atoms with Crippen molar-refractivity contribution in [3.05, 3.63) is 84.4 Å². The van der Waals surface area contributed by atoms with Crippen molar-refractivity contribution in [1.29, 1.82) is 0 Å². The van der Waals surface area contributed by atoms with E-state index in [4.69, 9.17) is 25.0 Å². The van der Waals surface area contributed by atoms with Crippen LogP contribution in [0.2, 0.25) is 0 Å². The summed E-state index contributed by atoms with van der Waals surface area (Å²) in [4.78, 5) is 56.6. The zero-order chi connectivity index (χ0) is 31.9. The normalized spacial score (nSPS) is 31.9. The number of Topliss-reactive ketones (excluding diaryl/α,β-unsaturated/α-hetero) is 1. The fourth-order valence-electron chi connectivity index (χ4n) is 8.77. The Kier molecular flexibility index (Phi) is 6.60. The molecule has 1 N–H and O–H groups in total. The Hall–Kier alpha value is -3.80. The van der Waals surface area contributed by atoms with Gasteiger partial charge in [0.05, 0.1) is 7.11 Å². The van der Waals surface area contributed by atoms with Crippen molar-refractivity contribution in [2.24, 2.45) is 11.8 Å². The van der Waals surface area contributed by atoms with Crippen molar-refractivity contribution in [2.75, 3.05) is 7.11 Å². The minimum atomic E-state index is -1.21. The molecule has 8 rings (SSSR count). The molecule has 0 aromatic carbocycles. The Bertz CT molecular complexity index is 2100. The fourth-order valence-corrected chi connectivity index (χ4v) is 8.77. The van der Waals surface area contributed by atoms with E-state index in [1.54, 1.807) is 0 Å². The summed E-state index contributed by atoms with van der Waals surface area (Å²) in [7, 11) is 1.27. The molecule has 232 valence electrons. The van der Waals surface area contributed by atoms with Gasteiger partial charge in [0.25, 0.3) is 0 Å². The van der Waals surface area contributed by atoms with Gasteiger partial charge in [-0.3, -0.25) is 19.3 Å². The molecule has 3 saturated heterocycles. The van der Waals surface area contributed by atoms with E-state index < -0.39 is 29.1 Å². The van der Waals surface area contributed by atoms with Crippen LogP contribution in [0.1, 0.15) is 93.7 Å². The van der Waals surface area contributed by atoms with Gasteiger partial charge in [0.15, 0.2) is 5.78 Å². The fraction of sp³-hybridized carbons (Fsp3) is 0.400. The van der Waals surface area contributed by atoms with Gasteiger partial charge in [-0.25, -0.2) is 0 Å². The minimum absolute atomic E-state index is 0. The molecule has 1 unspecified atom stereocenters. The number of aliphatic carboxylic acids is 1. The number of hydrogen-bond donors (Lipinski definition) is 1. The number of carboxylic acid groups (broad SMARTS) is 1. The molecular formula is C35H33MgN5O5-2. The van der Waals surface area contributed by atoms with E-state index in [1.807, 2.05) is 32.1 Å². The van der Waals surface area contributed by atoms with E-state index in [2.05, 4.69) is 32.3 Å². The number of carbonyl (C=O) groups excluding carboxylic acids is 2. The van der Waals surface area contributed by atoms with Crippen LogP contribution in [0.4, 0.5) is 0 Å². The second kappa shape index (κ2) is 9.85. The van der Waals surface area contributed by atoms with Gasteiger partial charge >= 0.3 is 35.0 Å². The van der Waals surface area contributed by atoms with Crippen LogP contribution >= 0.6 is 0 Å². The number of nitrogens with zero attached hydrogens (tertiary/aromatic N) is 5. The van der Waals surface area contributed by atoms with E-state index in [1.165, 1.54) is 7.11 Å². The maximum Gasteiger partial charge on any atom is 2.00 e. The third-order valence-electron chi connectivity index (χ3n) is 11.1. The van der Waals surface area contributed by atoms with Crippen molar-refractivity contribution >= 4 is 64.6 Å². The number of aromatic nitrogens is 3. The molecule has 4 aliphatic heterocycles. The third-order valence-corrected chi connectivity index (χ3v) is 11.1. The summed E-state index contributed by atoms with van der Waals surface area (Å²) in [5, 5.41) is 16.6. The molecule has 8 bridgehead atoms. The van der Waals surface area contributed by atoms with Crippen LogP contribution in [-0.4, -0.2) is 69.1 Å². The molecule has 11 heteroatoms. The number of fused-ring (bicyclic) bond motifs is 9. The average molecular weight is 628 g/mol. The minimum Gasteiger partial charge on any atom is -0.667 e. The number of carbonyl (C=O) groups is 3. The Morgan fingerprint density at radius 1 is 1.09 bits per heavy atom. The van der Waals surface area contributed by atoms with E-state index in [0.29, 0.717) is 40.2 Å². The number of carboxylic acids is 1. The Labute approximate surface area is 282 Å². The molecule has 5 aliphatic rings. The maximum absolute atomic E-state index is 14.1. The standard InChI is InChI=1S/C35H35N5O5.Mg/c1-8-17-14(3)20-12-23-18(9-2)15(4)28(38-23)32-35-34(6,40(32)35)19(10-11-24(41)42)29(39-35)26-27(33(44)45-7)31(43)25-16(5)21(37-30(25)26)13-22(17)36-20;/h9,12-13,19,27,32H,2,8,10-11H2,1,3-7H3,(H3,37,39,41,42,43);/q-2;+2/p-2/b20-12-,22-13-;/t19-,27-,32+,34-,35-,40?;/m1./s1. The molecular weight excluding hydrogens is 595 g/mol. The number of ketones is 1. The van der Waals surface area contributed by atoms with Crippen molar-refractivity contribution < 1.29 is 24.2 Å². The quantitative estimate of drug-likeness (QED) is 0.189. The maximum atomic E-state index is 14.1. The molecule has 0 amide bonds. The molecule has 1 aliphatic carbocycles. The first-order valence-corrected chi connectivity index (χ1v) is 15.4. The summed E-state index contributed by atoms with van der Waals surface area (Å²) >= 11 is 0. The van der Waals surface area contributed by atoms with Crippen molar-refractivity contribution in [3.63, 3.8) is 0 Å². The number of hydrogen-bond acceptors (Lipinski definition) is 5. The second-order valence-electron chi connectivity index (χ2n) is 13.0. The number of rotatable bonds is 6. The van der Waals surface area contributed by atoms with E-state index in [0.717, 1.165) is 50.8 Å². The molecule has 10 nitrogen and oxygen atoms in total. The van der Waals surface area contributed by atoms with Gasteiger partial charge in [-0.15, -0.1) is 33.5 Å². The predicted octanol–water partition coefficient (Wildman–Crippen LogP) is 2.37. The van der Waals surface area contributed by atoms with Gasteiger partial charge in [0, 0.05) is 23.6 Å². The van der Waals surface area contributed by atoms with Gasteiger partial charge in [0.2, 0.25) is 0 Å². The van der Waals surface area contributed by atoms with Crippen LogP contribution in [0.15, 0.2) is 12.3 Å². The molecule has 6 atom stereocenters. The molecule has 3 fully saturated rings. The summed E-state index contributed by atoms with van der Waals surface area (Å²) in [6, 6.07) is -0.122.